The minimum Gasteiger partial charge on any atom is -0.371 e. The molecule has 3 nitrogen and oxygen atoms in total. The van der Waals surface area contributed by atoms with Crippen molar-refractivity contribution in [1.29, 1.82) is 0 Å². The summed E-state index contributed by atoms with van der Waals surface area (Å²) in [5.41, 5.74) is 0.229. The summed E-state index contributed by atoms with van der Waals surface area (Å²) in [6, 6.07) is 2.55. The number of aromatic nitrogens is 1. The Morgan fingerprint density at radius 3 is 2.79 bits per heavy atom. The van der Waals surface area contributed by atoms with Gasteiger partial charge in [0, 0.05) is 0 Å². The first-order chi connectivity index (χ1) is 6.59. The number of carbonyl (C=O) groups is 1. The third-order valence-corrected chi connectivity index (χ3v) is 1.56. The van der Waals surface area contributed by atoms with Gasteiger partial charge in [-0.2, -0.15) is 0 Å². The molecule has 1 rings (SSSR count). The first-order valence-electron chi connectivity index (χ1n) is 4.36. The lowest BCUT2D eigenvalue weighted by atomic mass is 10.2. The molecule has 0 aliphatic carbocycles. The highest BCUT2D eigenvalue weighted by atomic mass is 19.1. The van der Waals surface area contributed by atoms with E-state index in [-0.39, 0.29) is 24.2 Å². The van der Waals surface area contributed by atoms with E-state index in [0.29, 0.717) is 0 Å². The van der Waals surface area contributed by atoms with E-state index in [2.05, 4.69) is 4.98 Å². The highest BCUT2D eigenvalue weighted by Gasteiger charge is 2.08. The van der Waals surface area contributed by atoms with Gasteiger partial charge in [-0.25, -0.2) is 9.37 Å². The van der Waals surface area contributed by atoms with Crippen molar-refractivity contribution < 1.29 is 13.9 Å². The van der Waals surface area contributed by atoms with Crippen molar-refractivity contribution in [3.63, 3.8) is 0 Å². The lowest BCUT2D eigenvalue weighted by Gasteiger charge is -2.05. The summed E-state index contributed by atoms with van der Waals surface area (Å²) in [6.07, 6.45) is 1.02. The van der Waals surface area contributed by atoms with Crippen LogP contribution in [0.15, 0.2) is 18.3 Å². The molecule has 14 heavy (non-hydrogen) atoms. The van der Waals surface area contributed by atoms with Crippen LogP contribution in [-0.4, -0.2) is 23.5 Å². The van der Waals surface area contributed by atoms with Crippen LogP contribution >= 0.6 is 0 Å². The fourth-order valence-electron chi connectivity index (χ4n) is 0.857. The van der Waals surface area contributed by atoms with Crippen LogP contribution in [0.1, 0.15) is 24.3 Å². The number of Topliss-reactive ketones (excluding diaryl/α,β-unsaturated/α-hetero) is 1. The largest absolute Gasteiger partial charge is 0.371 e. The number of ketones is 1. The molecule has 0 radical (unpaired) electrons. The number of hydrogen-bond donors (Lipinski definition) is 0. The Hall–Kier alpha value is -1.29. The van der Waals surface area contributed by atoms with Crippen molar-refractivity contribution in [2.75, 3.05) is 6.61 Å². The fourth-order valence-corrected chi connectivity index (χ4v) is 0.857. The predicted octanol–water partition coefficient (Wildman–Crippen LogP) is 1.83. The van der Waals surface area contributed by atoms with E-state index >= 15 is 0 Å². The molecule has 0 fully saturated rings. The summed E-state index contributed by atoms with van der Waals surface area (Å²) in [5.74, 6) is -0.690. The minimum absolute atomic E-state index is 0.000557. The SMILES string of the molecule is CC(C)OCC(=O)c1ccc(F)cn1. The Morgan fingerprint density at radius 2 is 2.29 bits per heavy atom. The smallest absolute Gasteiger partial charge is 0.206 e. The topological polar surface area (TPSA) is 39.2 Å². The van der Waals surface area contributed by atoms with Crippen LogP contribution in [0.4, 0.5) is 4.39 Å². The van der Waals surface area contributed by atoms with Crippen molar-refractivity contribution in [2.45, 2.75) is 20.0 Å². The second kappa shape index (κ2) is 4.81. The van der Waals surface area contributed by atoms with Crippen molar-refractivity contribution in [2.24, 2.45) is 0 Å². The Labute approximate surface area is 81.9 Å². The van der Waals surface area contributed by atoms with E-state index in [9.17, 15) is 9.18 Å². The zero-order valence-corrected chi connectivity index (χ0v) is 8.16. The van der Waals surface area contributed by atoms with Crippen LogP contribution in [0.5, 0.6) is 0 Å². The zero-order valence-electron chi connectivity index (χ0n) is 8.16. The second-order valence-electron chi connectivity index (χ2n) is 3.14. The number of ether oxygens (including phenoxy) is 1. The molecular formula is C10H12FNO2. The van der Waals surface area contributed by atoms with Crippen molar-refractivity contribution >= 4 is 5.78 Å². The van der Waals surface area contributed by atoms with Crippen molar-refractivity contribution in [3.8, 4) is 0 Å². The Balaban J connectivity index is 2.57. The second-order valence-corrected chi connectivity index (χ2v) is 3.14. The van der Waals surface area contributed by atoms with Gasteiger partial charge in [0.15, 0.2) is 0 Å². The molecule has 0 atom stereocenters. The third kappa shape index (κ3) is 3.22. The van der Waals surface area contributed by atoms with Gasteiger partial charge in [-0.1, -0.05) is 0 Å². The van der Waals surface area contributed by atoms with Crippen molar-refractivity contribution in [1.82, 2.24) is 4.98 Å². The van der Waals surface area contributed by atoms with E-state index in [1.54, 1.807) is 0 Å². The fraction of sp³-hybridized carbons (Fsp3) is 0.400. The molecule has 0 unspecified atom stereocenters. The van der Waals surface area contributed by atoms with Gasteiger partial charge in [-0.05, 0) is 26.0 Å². The van der Waals surface area contributed by atoms with Gasteiger partial charge < -0.3 is 4.74 Å². The Morgan fingerprint density at radius 1 is 1.57 bits per heavy atom. The number of rotatable bonds is 4. The quantitative estimate of drug-likeness (QED) is 0.691. The molecule has 0 bridgehead atoms. The Bertz CT molecular complexity index is 308. The van der Waals surface area contributed by atoms with E-state index in [4.69, 9.17) is 4.74 Å². The molecule has 0 aromatic carbocycles. The molecule has 1 aromatic heterocycles. The van der Waals surface area contributed by atoms with Gasteiger partial charge in [-0.3, -0.25) is 4.79 Å². The maximum Gasteiger partial charge on any atom is 0.206 e. The van der Waals surface area contributed by atoms with Crippen LogP contribution in [0.25, 0.3) is 0 Å². The van der Waals surface area contributed by atoms with Crippen LogP contribution in [0.3, 0.4) is 0 Å². The molecule has 1 heterocycles. The van der Waals surface area contributed by atoms with Crippen LogP contribution in [-0.2, 0) is 4.74 Å². The molecule has 0 amide bonds. The highest BCUT2D eigenvalue weighted by Crippen LogP contribution is 2.00. The molecule has 0 N–H and O–H groups in total. The Kier molecular flexibility index (Phi) is 3.71. The third-order valence-electron chi connectivity index (χ3n) is 1.56. The van der Waals surface area contributed by atoms with Crippen LogP contribution in [0.2, 0.25) is 0 Å². The molecule has 0 aliphatic heterocycles. The molecule has 0 saturated carbocycles. The molecule has 76 valence electrons. The minimum atomic E-state index is -0.452. The highest BCUT2D eigenvalue weighted by molar-refractivity contribution is 5.95. The maximum absolute atomic E-state index is 12.5. The summed E-state index contributed by atoms with van der Waals surface area (Å²) in [5, 5.41) is 0. The van der Waals surface area contributed by atoms with E-state index in [0.717, 1.165) is 6.20 Å². The number of nitrogens with zero attached hydrogens (tertiary/aromatic N) is 1. The average Bonchev–Trinajstić information content (AvgIpc) is 2.15. The zero-order chi connectivity index (χ0) is 10.6. The number of pyridine rings is 1. The van der Waals surface area contributed by atoms with E-state index in [1.165, 1.54) is 12.1 Å². The predicted molar refractivity (Wildman–Crippen MR) is 49.6 cm³/mol. The monoisotopic (exact) mass is 197 g/mol. The van der Waals surface area contributed by atoms with Gasteiger partial charge in [0.1, 0.15) is 18.1 Å². The summed E-state index contributed by atoms with van der Waals surface area (Å²) >= 11 is 0. The molecule has 4 heteroatoms. The number of halogens is 1. The summed E-state index contributed by atoms with van der Waals surface area (Å²) in [7, 11) is 0. The van der Waals surface area contributed by atoms with E-state index < -0.39 is 5.82 Å². The molecule has 0 saturated heterocycles. The van der Waals surface area contributed by atoms with Gasteiger partial charge in [0.05, 0.1) is 12.3 Å². The maximum atomic E-state index is 12.5. The molecule has 0 spiro atoms. The van der Waals surface area contributed by atoms with Gasteiger partial charge >= 0.3 is 0 Å². The van der Waals surface area contributed by atoms with Crippen LogP contribution in [0, 0.1) is 5.82 Å². The molecule has 1 aromatic rings. The number of hydrogen-bond acceptors (Lipinski definition) is 3. The molecule has 0 aliphatic rings. The summed E-state index contributed by atoms with van der Waals surface area (Å²) in [4.78, 5) is 15.0. The van der Waals surface area contributed by atoms with E-state index in [1.807, 2.05) is 13.8 Å². The first-order valence-corrected chi connectivity index (χ1v) is 4.36. The van der Waals surface area contributed by atoms with Gasteiger partial charge in [-0.15, -0.1) is 0 Å². The summed E-state index contributed by atoms with van der Waals surface area (Å²) in [6.45, 7) is 3.66. The summed E-state index contributed by atoms with van der Waals surface area (Å²) < 4.78 is 17.6. The first kappa shape index (κ1) is 10.8. The van der Waals surface area contributed by atoms with Gasteiger partial charge in [0.25, 0.3) is 0 Å². The van der Waals surface area contributed by atoms with Crippen LogP contribution < -0.4 is 0 Å². The number of carbonyl (C=O) groups excluding carboxylic acids is 1. The standard InChI is InChI=1S/C10H12FNO2/c1-7(2)14-6-10(13)9-4-3-8(11)5-12-9/h3-5,7H,6H2,1-2H3. The lowest BCUT2D eigenvalue weighted by molar-refractivity contribution is 0.0580. The lowest BCUT2D eigenvalue weighted by Crippen LogP contribution is -2.14. The average molecular weight is 197 g/mol. The molecular weight excluding hydrogens is 185 g/mol. The van der Waals surface area contributed by atoms with Gasteiger partial charge in [0.2, 0.25) is 5.78 Å². The van der Waals surface area contributed by atoms with Crippen molar-refractivity contribution in [3.05, 3.63) is 29.8 Å². The normalized spacial score (nSPS) is 10.6.